The third-order valence-electron chi connectivity index (χ3n) is 5.28. The van der Waals surface area contributed by atoms with E-state index >= 15 is 0 Å². The van der Waals surface area contributed by atoms with Crippen molar-refractivity contribution in [3.05, 3.63) is 11.9 Å². The predicted octanol–water partition coefficient (Wildman–Crippen LogP) is 2.44. The molecular weight excluding hydrogens is 278 g/mol. The number of amides is 2. The van der Waals surface area contributed by atoms with Gasteiger partial charge >= 0.3 is 6.03 Å². The van der Waals surface area contributed by atoms with Gasteiger partial charge in [-0.3, -0.25) is 0 Å². The number of carbonyl (C=O) groups is 1. The molecule has 3 aliphatic rings. The Morgan fingerprint density at radius 2 is 1.95 bits per heavy atom. The van der Waals surface area contributed by atoms with E-state index in [0.29, 0.717) is 12.0 Å². The Morgan fingerprint density at radius 1 is 1.14 bits per heavy atom. The van der Waals surface area contributed by atoms with Crippen molar-refractivity contribution in [1.29, 1.82) is 0 Å². The van der Waals surface area contributed by atoms with Gasteiger partial charge in [-0.05, 0) is 32.1 Å². The van der Waals surface area contributed by atoms with Crippen LogP contribution in [-0.4, -0.2) is 45.1 Å². The first-order valence-electron chi connectivity index (χ1n) is 8.77. The molecule has 6 nitrogen and oxygen atoms in total. The van der Waals surface area contributed by atoms with Gasteiger partial charge in [0.05, 0.1) is 11.7 Å². The van der Waals surface area contributed by atoms with Gasteiger partial charge in [-0.25, -0.2) is 9.48 Å². The maximum atomic E-state index is 12.4. The summed E-state index contributed by atoms with van der Waals surface area (Å²) in [5, 5.41) is 11.8. The van der Waals surface area contributed by atoms with Gasteiger partial charge in [0.25, 0.3) is 0 Å². The lowest BCUT2D eigenvalue weighted by molar-refractivity contribution is 0.198. The van der Waals surface area contributed by atoms with Crippen LogP contribution in [0.4, 0.5) is 4.79 Å². The first-order chi connectivity index (χ1) is 10.8. The fourth-order valence-corrected chi connectivity index (χ4v) is 3.69. The Hall–Kier alpha value is -1.59. The highest BCUT2D eigenvalue weighted by Gasteiger charge is 2.31. The van der Waals surface area contributed by atoms with Crippen molar-refractivity contribution >= 4 is 6.03 Å². The summed E-state index contributed by atoms with van der Waals surface area (Å²) in [4.78, 5) is 14.3. The monoisotopic (exact) mass is 303 g/mol. The summed E-state index contributed by atoms with van der Waals surface area (Å²) in [5.41, 5.74) is 1.13. The van der Waals surface area contributed by atoms with Crippen LogP contribution in [0.5, 0.6) is 0 Å². The number of hydrogen-bond donors (Lipinski definition) is 1. The zero-order valence-electron chi connectivity index (χ0n) is 13.1. The minimum absolute atomic E-state index is 0.108. The largest absolute Gasteiger partial charge is 0.335 e. The quantitative estimate of drug-likeness (QED) is 0.933. The molecule has 0 spiro atoms. The molecule has 1 atom stereocenters. The second kappa shape index (κ2) is 5.89. The van der Waals surface area contributed by atoms with E-state index in [1.807, 2.05) is 9.58 Å². The van der Waals surface area contributed by atoms with Crippen LogP contribution in [0.15, 0.2) is 6.20 Å². The topological polar surface area (TPSA) is 63.1 Å². The van der Waals surface area contributed by atoms with Crippen molar-refractivity contribution in [3.63, 3.8) is 0 Å². The summed E-state index contributed by atoms with van der Waals surface area (Å²) in [6.45, 7) is 1.58. The van der Waals surface area contributed by atoms with Gasteiger partial charge in [0, 0.05) is 31.2 Å². The molecule has 1 saturated heterocycles. The standard InChI is InChI=1S/C16H25N5O/c22-16(17-13-4-2-1-3-5-13)20-9-8-14(10-20)21-11-15(18-19-21)12-6-7-12/h11-14H,1-10H2,(H,17,22). The normalized spacial score (nSPS) is 26.4. The molecule has 1 aromatic rings. The molecule has 3 fully saturated rings. The lowest BCUT2D eigenvalue weighted by Crippen LogP contribution is -2.44. The molecule has 22 heavy (non-hydrogen) atoms. The van der Waals surface area contributed by atoms with Crippen LogP contribution in [0.2, 0.25) is 0 Å². The summed E-state index contributed by atoms with van der Waals surface area (Å²) in [6.07, 6.45) is 11.6. The number of rotatable bonds is 3. The van der Waals surface area contributed by atoms with Crippen molar-refractivity contribution < 1.29 is 4.79 Å². The van der Waals surface area contributed by atoms with E-state index < -0.39 is 0 Å². The van der Waals surface area contributed by atoms with Crippen molar-refractivity contribution in [3.8, 4) is 0 Å². The van der Waals surface area contributed by atoms with E-state index in [2.05, 4.69) is 21.8 Å². The van der Waals surface area contributed by atoms with Gasteiger partial charge in [0.15, 0.2) is 0 Å². The van der Waals surface area contributed by atoms with E-state index in [4.69, 9.17) is 0 Å². The number of nitrogens with zero attached hydrogens (tertiary/aromatic N) is 4. The number of likely N-dealkylation sites (tertiary alicyclic amines) is 1. The molecule has 1 unspecified atom stereocenters. The van der Waals surface area contributed by atoms with E-state index in [1.165, 1.54) is 32.1 Å². The fraction of sp³-hybridized carbons (Fsp3) is 0.812. The highest BCUT2D eigenvalue weighted by Crippen LogP contribution is 2.39. The average Bonchev–Trinajstić information content (AvgIpc) is 3.08. The summed E-state index contributed by atoms with van der Waals surface area (Å²) < 4.78 is 1.97. The van der Waals surface area contributed by atoms with Crippen LogP contribution in [0.3, 0.4) is 0 Å². The second-order valence-electron chi connectivity index (χ2n) is 7.07. The van der Waals surface area contributed by atoms with E-state index in [-0.39, 0.29) is 12.1 Å². The van der Waals surface area contributed by atoms with Crippen LogP contribution < -0.4 is 5.32 Å². The third kappa shape index (κ3) is 2.96. The number of urea groups is 1. The zero-order valence-corrected chi connectivity index (χ0v) is 13.1. The Kier molecular flexibility index (Phi) is 3.76. The van der Waals surface area contributed by atoms with E-state index in [1.54, 1.807) is 0 Å². The highest BCUT2D eigenvalue weighted by molar-refractivity contribution is 5.74. The molecule has 1 N–H and O–H groups in total. The number of aromatic nitrogens is 3. The molecule has 2 amide bonds. The molecule has 2 heterocycles. The Bertz CT molecular complexity index is 532. The highest BCUT2D eigenvalue weighted by atomic mass is 16.2. The van der Waals surface area contributed by atoms with Gasteiger partial charge in [-0.1, -0.05) is 24.5 Å². The van der Waals surface area contributed by atoms with Crippen LogP contribution >= 0.6 is 0 Å². The molecule has 1 aliphatic heterocycles. The second-order valence-corrected chi connectivity index (χ2v) is 7.07. The summed E-state index contributed by atoms with van der Waals surface area (Å²) in [5.74, 6) is 0.640. The molecule has 0 aromatic carbocycles. The molecule has 6 heteroatoms. The fourth-order valence-electron chi connectivity index (χ4n) is 3.69. The van der Waals surface area contributed by atoms with Crippen LogP contribution in [-0.2, 0) is 0 Å². The minimum Gasteiger partial charge on any atom is -0.335 e. The maximum absolute atomic E-state index is 12.4. The molecular formula is C16H25N5O. The van der Waals surface area contributed by atoms with Crippen molar-refractivity contribution in [2.45, 2.75) is 69.4 Å². The first-order valence-corrected chi connectivity index (χ1v) is 8.77. The summed E-state index contributed by atoms with van der Waals surface area (Å²) >= 11 is 0. The van der Waals surface area contributed by atoms with E-state index in [9.17, 15) is 4.79 Å². The lowest BCUT2D eigenvalue weighted by Gasteiger charge is -2.26. The summed E-state index contributed by atoms with van der Waals surface area (Å²) in [7, 11) is 0. The maximum Gasteiger partial charge on any atom is 0.317 e. The SMILES string of the molecule is O=C(NC1CCCCC1)N1CCC(n2cc(C3CC3)nn2)C1. The number of hydrogen-bond acceptors (Lipinski definition) is 3. The van der Waals surface area contributed by atoms with Crippen molar-refractivity contribution in [1.82, 2.24) is 25.2 Å². The van der Waals surface area contributed by atoms with Crippen LogP contribution in [0.25, 0.3) is 0 Å². The van der Waals surface area contributed by atoms with Crippen molar-refractivity contribution in [2.24, 2.45) is 0 Å². The molecule has 2 aliphatic carbocycles. The van der Waals surface area contributed by atoms with Gasteiger partial charge in [-0.2, -0.15) is 0 Å². The van der Waals surface area contributed by atoms with Crippen LogP contribution in [0.1, 0.15) is 69.0 Å². The minimum atomic E-state index is 0.108. The molecule has 1 aromatic heterocycles. The molecule has 2 saturated carbocycles. The molecule has 0 bridgehead atoms. The van der Waals surface area contributed by atoms with Crippen LogP contribution in [0, 0.1) is 0 Å². The van der Waals surface area contributed by atoms with Crippen molar-refractivity contribution in [2.75, 3.05) is 13.1 Å². The van der Waals surface area contributed by atoms with E-state index in [0.717, 1.165) is 38.0 Å². The third-order valence-corrected chi connectivity index (χ3v) is 5.28. The smallest absolute Gasteiger partial charge is 0.317 e. The number of carbonyl (C=O) groups excluding carboxylic acids is 1. The van der Waals surface area contributed by atoms with Gasteiger partial charge < -0.3 is 10.2 Å². The predicted molar refractivity (Wildman–Crippen MR) is 82.6 cm³/mol. The molecule has 120 valence electrons. The average molecular weight is 303 g/mol. The molecule has 4 rings (SSSR count). The summed E-state index contributed by atoms with van der Waals surface area (Å²) in [6, 6.07) is 0.780. The Balaban J connectivity index is 1.31. The zero-order chi connectivity index (χ0) is 14.9. The lowest BCUT2D eigenvalue weighted by atomic mass is 9.96. The molecule has 0 radical (unpaired) electrons. The Morgan fingerprint density at radius 3 is 2.73 bits per heavy atom. The number of nitrogens with one attached hydrogen (secondary N) is 1. The first kappa shape index (κ1) is 14.0. The van der Waals surface area contributed by atoms with Gasteiger partial charge in [0.1, 0.15) is 0 Å². The Labute approximate surface area is 131 Å². The van der Waals surface area contributed by atoms with Gasteiger partial charge in [-0.15, -0.1) is 5.10 Å². The van der Waals surface area contributed by atoms with Gasteiger partial charge in [0.2, 0.25) is 0 Å².